The van der Waals surface area contributed by atoms with E-state index in [1.54, 1.807) is 0 Å². The van der Waals surface area contributed by atoms with E-state index in [1.165, 1.54) is 18.4 Å². The number of hydrogen-bond acceptors (Lipinski definition) is 1. The Morgan fingerprint density at radius 2 is 1.37 bits per heavy atom. The molecule has 0 radical (unpaired) electrons. The van der Waals surface area contributed by atoms with Crippen LogP contribution in [0.3, 0.4) is 0 Å². The molecule has 2 heteroatoms. The smallest absolute Gasteiger partial charge is 0.0406 e. The van der Waals surface area contributed by atoms with Crippen LogP contribution in [0, 0.1) is 11.8 Å². The number of nitrogens with one attached hydrogen (secondary N) is 1. The standard InChI is InChI=1S/C17H28ClN/c1-12(2)10-17(11-13(3)4)19-14(5)15-6-8-16(18)9-7-15/h6-9,12-14,17,19H,10-11H2,1-5H3/t14-/m0/s1. The summed E-state index contributed by atoms with van der Waals surface area (Å²) in [6, 6.07) is 9.12. The van der Waals surface area contributed by atoms with Gasteiger partial charge in [-0.1, -0.05) is 51.4 Å². The molecule has 0 amide bonds. The fourth-order valence-electron chi connectivity index (χ4n) is 2.57. The Labute approximate surface area is 123 Å². The molecular weight excluding hydrogens is 254 g/mol. The van der Waals surface area contributed by atoms with E-state index in [-0.39, 0.29) is 0 Å². The quantitative estimate of drug-likeness (QED) is 0.700. The van der Waals surface area contributed by atoms with Crippen molar-refractivity contribution in [3.8, 4) is 0 Å². The van der Waals surface area contributed by atoms with Gasteiger partial charge in [0.2, 0.25) is 0 Å². The lowest BCUT2D eigenvalue weighted by atomic mass is 9.94. The molecule has 0 spiro atoms. The van der Waals surface area contributed by atoms with E-state index in [9.17, 15) is 0 Å². The van der Waals surface area contributed by atoms with E-state index in [0.29, 0.717) is 12.1 Å². The van der Waals surface area contributed by atoms with E-state index >= 15 is 0 Å². The van der Waals surface area contributed by atoms with Crippen molar-refractivity contribution in [1.82, 2.24) is 5.32 Å². The summed E-state index contributed by atoms with van der Waals surface area (Å²) in [6.07, 6.45) is 2.46. The van der Waals surface area contributed by atoms with Crippen molar-refractivity contribution in [2.75, 3.05) is 0 Å². The minimum Gasteiger partial charge on any atom is -0.307 e. The van der Waals surface area contributed by atoms with Gasteiger partial charge in [-0.25, -0.2) is 0 Å². The molecule has 0 fully saturated rings. The Hall–Kier alpha value is -0.530. The van der Waals surface area contributed by atoms with Crippen LogP contribution < -0.4 is 5.32 Å². The van der Waals surface area contributed by atoms with Crippen LogP contribution in [-0.4, -0.2) is 6.04 Å². The van der Waals surface area contributed by atoms with Gasteiger partial charge in [0.15, 0.2) is 0 Å². The second-order valence-corrected chi connectivity index (χ2v) is 6.83. The summed E-state index contributed by atoms with van der Waals surface area (Å²) in [7, 11) is 0. The molecule has 0 saturated carbocycles. The van der Waals surface area contributed by atoms with Crippen molar-refractivity contribution in [1.29, 1.82) is 0 Å². The van der Waals surface area contributed by atoms with Crippen LogP contribution in [-0.2, 0) is 0 Å². The third-order valence-corrected chi connectivity index (χ3v) is 3.62. The van der Waals surface area contributed by atoms with Gasteiger partial charge in [-0.3, -0.25) is 0 Å². The van der Waals surface area contributed by atoms with E-state index in [2.05, 4.69) is 52.1 Å². The van der Waals surface area contributed by atoms with Crippen LogP contribution in [0.25, 0.3) is 0 Å². The average Bonchev–Trinajstić information content (AvgIpc) is 2.27. The number of halogens is 1. The molecule has 1 N–H and O–H groups in total. The summed E-state index contributed by atoms with van der Waals surface area (Å²) >= 11 is 5.94. The van der Waals surface area contributed by atoms with E-state index < -0.39 is 0 Å². The maximum absolute atomic E-state index is 5.94. The summed E-state index contributed by atoms with van der Waals surface area (Å²) < 4.78 is 0. The molecule has 0 aromatic heterocycles. The number of hydrogen-bond donors (Lipinski definition) is 1. The van der Waals surface area contributed by atoms with Crippen molar-refractivity contribution in [3.63, 3.8) is 0 Å². The Balaban J connectivity index is 2.63. The molecule has 0 aliphatic heterocycles. The van der Waals surface area contributed by atoms with Gasteiger partial charge in [0.25, 0.3) is 0 Å². The van der Waals surface area contributed by atoms with Crippen LogP contribution in [0.4, 0.5) is 0 Å². The lowest BCUT2D eigenvalue weighted by Gasteiger charge is -2.26. The zero-order chi connectivity index (χ0) is 14.4. The minimum absolute atomic E-state index is 0.375. The Morgan fingerprint density at radius 1 is 0.895 bits per heavy atom. The highest BCUT2D eigenvalue weighted by Gasteiger charge is 2.16. The van der Waals surface area contributed by atoms with Crippen LogP contribution in [0.2, 0.25) is 5.02 Å². The molecular formula is C17H28ClN. The molecule has 0 saturated heterocycles. The third-order valence-electron chi connectivity index (χ3n) is 3.37. The normalized spacial score (nSPS) is 13.5. The molecule has 0 aliphatic rings. The second-order valence-electron chi connectivity index (χ2n) is 6.40. The summed E-state index contributed by atoms with van der Waals surface area (Å²) in [4.78, 5) is 0. The lowest BCUT2D eigenvalue weighted by molar-refractivity contribution is 0.335. The first kappa shape index (κ1) is 16.5. The average molecular weight is 282 g/mol. The molecule has 0 bridgehead atoms. The van der Waals surface area contributed by atoms with Crippen LogP contribution in [0.1, 0.15) is 59.1 Å². The van der Waals surface area contributed by atoms with E-state index in [1.807, 2.05) is 12.1 Å². The molecule has 1 atom stereocenters. The lowest BCUT2D eigenvalue weighted by Crippen LogP contribution is -2.33. The van der Waals surface area contributed by atoms with E-state index in [0.717, 1.165) is 16.9 Å². The van der Waals surface area contributed by atoms with E-state index in [4.69, 9.17) is 11.6 Å². The monoisotopic (exact) mass is 281 g/mol. The Morgan fingerprint density at radius 3 is 1.79 bits per heavy atom. The van der Waals surface area contributed by atoms with Crippen molar-refractivity contribution >= 4 is 11.6 Å². The van der Waals surface area contributed by atoms with Gasteiger partial charge < -0.3 is 5.32 Å². The fraction of sp³-hybridized carbons (Fsp3) is 0.647. The largest absolute Gasteiger partial charge is 0.307 e. The van der Waals surface area contributed by atoms with Gasteiger partial charge in [0, 0.05) is 17.1 Å². The van der Waals surface area contributed by atoms with Gasteiger partial charge in [0.05, 0.1) is 0 Å². The van der Waals surface area contributed by atoms with Crippen LogP contribution in [0.15, 0.2) is 24.3 Å². The number of benzene rings is 1. The third kappa shape index (κ3) is 6.44. The zero-order valence-electron chi connectivity index (χ0n) is 12.9. The summed E-state index contributed by atoms with van der Waals surface area (Å²) in [5, 5.41) is 4.57. The second kappa shape index (κ2) is 7.91. The topological polar surface area (TPSA) is 12.0 Å². The molecule has 0 aliphatic carbocycles. The minimum atomic E-state index is 0.375. The molecule has 1 nitrogen and oxygen atoms in total. The van der Waals surface area contributed by atoms with Gasteiger partial charge in [-0.05, 0) is 49.3 Å². The first-order valence-electron chi connectivity index (χ1n) is 7.40. The number of rotatable bonds is 7. The summed E-state index contributed by atoms with van der Waals surface area (Å²) in [5.41, 5.74) is 1.31. The fourth-order valence-corrected chi connectivity index (χ4v) is 2.70. The van der Waals surface area contributed by atoms with Crippen molar-refractivity contribution in [2.24, 2.45) is 11.8 Å². The first-order valence-corrected chi connectivity index (χ1v) is 7.77. The highest BCUT2D eigenvalue weighted by molar-refractivity contribution is 6.30. The van der Waals surface area contributed by atoms with Gasteiger partial charge in [0.1, 0.15) is 0 Å². The SMILES string of the molecule is CC(C)CC(CC(C)C)N[C@@H](C)c1ccc(Cl)cc1. The highest BCUT2D eigenvalue weighted by atomic mass is 35.5. The maximum Gasteiger partial charge on any atom is 0.0406 e. The van der Waals surface area contributed by atoms with Gasteiger partial charge in [-0.2, -0.15) is 0 Å². The molecule has 1 aromatic carbocycles. The predicted molar refractivity (Wildman–Crippen MR) is 85.7 cm³/mol. The molecule has 0 unspecified atom stereocenters. The van der Waals surface area contributed by atoms with Gasteiger partial charge in [-0.15, -0.1) is 0 Å². The Kier molecular flexibility index (Phi) is 6.88. The highest BCUT2D eigenvalue weighted by Crippen LogP contribution is 2.20. The predicted octanol–water partition coefficient (Wildman–Crippen LogP) is 5.45. The molecule has 108 valence electrons. The van der Waals surface area contributed by atoms with Crippen molar-refractivity contribution < 1.29 is 0 Å². The maximum atomic E-state index is 5.94. The van der Waals surface area contributed by atoms with Gasteiger partial charge >= 0.3 is 0 Å². The molecule has 19 heavy (non-hydrogen) atoms. The van der Waals surface area contributed by atoms with Crippen LogP contribution in [0.5, 0.6) is 0 Å². The Bertz CT molecular complexity index is 346. The van der Waals surface area contributed by atoms with Crippen molar-refractivity contribution in [3.05, 3.63) is 34.9 Å². The summed E-state index contributed by atoms with van der Waals surface area (Å²) in [6.45, 7) is 11.4. The zero-order valence-corrected chi connectivity index (χ0v) is 13.7. The molecule has 0 heterocycles. The molecule has 1 rings (SSSR count). The van der Waals surface area contributed by atoms with Crippen LogP contribution >= 0.6 is 11.6 Å². The summed E-state index contributed by atoms with van der Waals surface area (Å²) in [5.74, 6) is 1.46. The first-order chi connectivity index (χ1) is 8.88. The molecule has 1 aromatic rings. The van der Waals surface area contributed by atoms with Crippen molar-refractivity contribution in [2.45, 2.75) is 59.5 Å².